The molecule has 1 N–H and O–H groups in total. The fraction of sp³-hybridized carbons (Fsp3) is 0.859. The van der Waals surface area contributed by atoms with E-state index in [1.807, 2.05) is 21.1 Å². The number of likely N-dealkylation sites (N-methyl/N-ethyl adjacent to an activating group) is 1. The van der Waals surface area contributed by atoms with Gasteiger partial charge in [-0.15, -0.1) is 0 Å². The van der Waals surface area contributed by atoms with Gasteiger partial charge in [0.2, 0.25) is 0 Å². The third-order valence-corrected chi connectivity index (χ3v) is 17.1. The molecule has 0 radical (unpaired) electrons. The molecular formula is C78H146NO8+. The molecule has 2 unspecified atom stereocenters. The molecule has 2 atom stereocenters. The fourth-order valence-corrected chi connectivity index (χ4v) is 11.3. The third kappa shape index (κ3) is 70.6. The monoisotopic (exact) mass is 1230 g/mol. The molecule has 9 nitrogen and oxygen atoms in total. The second-order valence-electron chi connectivity index (χ2n) is 27.0. The fourth-order valence-electron chi connectivity index (χ4n) is 11.3. The quantitative estimate of drug-likeness (QED) is 0.0211. The van der Waals surface area contributed by atoms with Crippen LogP contribution in [0.2, 0.25) is 0 Å². The lowest BCUT2D eigenvalue weighted by molar-refractivity contribution is -0.870. The summed E-state index contributed by atoms with van der Waals surface area (Å²) in [6, 6.07) is 0. The van der Waals surface area contributed by atoms with Crippen LogP contribution in [0.3, 0.4) is 0 Å². The second-order valence-corrected chi connectivity index (χ2v) is 27.0. The summed E-state index contributed by atoms with van der Waals surface area (Å²) in [5.74, 6) is -1.98. The second kappa shape index (κ2) is 69.1. The van der Waals surface area contributed by atoms with E-state index in [4.69, 9.17) is 18.9 Å². The van der Waals surface area contributed by atoms with E-state index in [1.165, 1.54) is 295 Å². The summed E-state index contributed by atoms with van der Waals surface area (Å²) in [5, 5.41) is 9.76. The predicted molar refractivity (Wildman–Crippen MR) is 374 cm³/mol. The van der Waals surface area contributed by atoms with Crippen LogP contribution in [0.25, 0.3) is 0 Å². The Morgan fingerprint density at radius 3 is 0.908 bits per heavy atom. The van der Waals surface area contributed by atoms with Crippen LogP contribution in [0, 0.1) is 0 Å². The molecule has 0 amide bonds. The molecule has 0 saturated heterocycles. The van der Waals surface area contributed by atoms with Crippen molar-refractivity contribution >= 4 is 17.9 Å². The highest BCUT2D eigenvalue weighted by molar-refractivity contribution is 5.71. The summed E-state index contributed by atoms with van der Waals surface area (Å²) in [7, 11) is 5.99. The Morgan fingerprint density at radius 2 is 0.621 bits per heavy atom. The normalized spacial score (nSPS) is 12.9. The van der Waals surface area contributed by atoms with Crippen LogP contribution < -0.4 is 0 Å². The lowest BCUT2D eigenvalue weighted by Crippen LogP contribution is -2.40. The van der Waals surface area contributed by atoms with Gasteiger partial charge in [0.05, 0.1) is 34.4 Å². The number of carboxylic acid groups (broad SMARTS) is 1. The largest absolute Gasteiger partial charge is 0.477 e. The van der Waals surface area contributed by atoms with Crippen LogP contribution in [-0.4, -0.2) is 87.4 Å². The summed E-state index contributed by atoms with van der Waals surface area (Å²) < 4.78 is 23.0. The molecule has 510 valence electrons. The number of rotatable bonds is 71. The maximum atomic E-state index is 13.0. The average molecular weight is 1230 g/mol. The van der Waals surface area contributed by atoms with E-state index < -0.39 is 18.4 Å². The lowest BCUT2D eigenvalue weighted by Gasteiger charge is -2.25. The molecule has 0 heterocycles. The molecular weight excluding hydrogens is 1080 g/mol. The molecule has 0 fully saturated rings. The van der Waals surface area contributed by atoms with Gasteiger partial charge in [0, 0.05) is 12.8 Å². The molecule has 0 spiro atoms. The number of aliphatic carboxylic acids is 1. The molecule has 0 aromatic carbocycles. The van der Waals surface area contributed by atoms with Crippen LogP contribution in [-0.2, 0) is 33.3 Å². The molecule has 0 aromatic rings. The van der Waals surface area contributed by atoms with E-state index in [9.17, 15) is 19.5 Å². The van der Waals surface area contributed by atoms with Crippen molar-refractivity contribution in [3.05, 3.63) is 48.6 Å². The topological polar surface area (TPSA) is 108 Å². The Bertz CT molecular complexity index is 1570. The number of carboxylic acids is 1. The minimum Gasteiger partial charge on any atom is -0.477 e. The Morgan fingerprint density at radius 1 is 0.345 bits per heavy atom. The number of allylic oxidation sites excluding steroid dienone is 8. The molecule has 0 bridgehead atoms. The summed E-state index contributed by atoms with van der Waals surface area (Å²) >= 11 is 0. The number of quaternary nitrogens is 1. The molecule has 0 rings (SSSR count). The summed E-state index contributed by atoms with van der Waals surface area (Å²) in [5.41, 5.74) is 0. The van der Waals surface area contributed by atoms with Crippen molar-refractivity contribution < 1.29 is 42.9 Å². The zero-order valence-corrected chi connectivity index (χ0v) is 58.5. The summed E-state index contributed by atoms with van der Waals surface area (Å²) in [6.45, 7) is 4.92. The number of esters is 2. The average Bonchev–Trinajstić information content (AvgIpc) is 3.56. The zero-order valence-electron chi connectivity index (χ0n) is 58.5. The van der Waals surface area contributed by atoms with Crippen LogP contribution in [0.5, 0.6) is 0 Å². The molecule has 0 aromatic heterocycles. The van der Waals surface area contributed by atoms with Crippen molar-refractivity contribution in [1.29, 1.82) is 0 Å². The third-order valence-electron chi connectivity index (χ3n) is 17.1. The van der Waals surface area contributed by atoms with Crippen LogP contribution in [0.1, 0.15) is 373 Å². The van der Waals surface area contributed by atoms with Gasteiger partial charge in [-0.2, -0.15) is 0 Å². The lowest BCUT2D eigenvalue weighted by atomic mass is 10.0. The number of nitrogens with zero attached hydrogens (tertiary/aromatic N) is 1. The van der Waals surface area contributed by atoms with Crippen LogP contribution in [0.15, 0.2) is 48.6 Å². The van der Waals surface area contributed by atoms with Crippen LogP contribution in [0.4, 0.5) is 0 Å². The first-order valence-electron chi connectivity index (χ1n) is 37.8. The standard InChI is InChI=1S/C78H145NO8/c1-6-8-10-12-14-16-18-20-22-24-26-28-30-32-34-35-36-37-38-39-40-41-43-45-47-49-51-53-55-57-59-61-63-65-67-69-76(81)87-74(73-86-78(77(82)83)84-71-70-79(3,4)5)72-85-75(80)68-66-64-62-60-58-56-54-52-50-48-46-44-42-33-31-29-27-25-23-21-19-17-15-13-11-9-7-2/h18-21,24-27,74,78H,6-17,22-23,28-73H2,1-5H3/p+1/b20-18-,21-19-,26-24-,27-25-. The Hall–Kier alpha value is -2.75. The zero-order chi connectivity index (χ0) is 63.3. The molecule has 0 aliphatic carbocycles. The molecule has 9 heteroatoms. The van der Waals surface area contributed by atoms with E-state index in [0.717, 1.165) is 51.4 Å². The summed E-state index contributed by atoms with van der Waals surface area (Å²) in [6.07, 6.45) is 86.8. The van der Waals surface area contributed by atoms with Gasteiger partial charge < -0.3 is 28.5 Å². The Labute approximate surface area is 540 Å². The predicted octanol–water partition coefficient (Wildman–Crippen LogP) is 23.7. The number of hydrogen-bond donors (Lipinski definition) is 1. The van der Waals surface area contributed by atoms with Gasteiger partial charge in [0.1, 0.15) is 13.2 Å². The van der Waals surface area contributed by atoms with Crippen molar-refractivity contribution in [2.45, 2.75) is 386 Å². The first kappa shape index (κ1) is 84.2. The SMILES string of the molecule is CCCCCCC/C=C\C/C=C\CCCCCCCCCCCCCCCCCCCCCCCCCC(=O)OC(COC(=O)CCCCCCCCCCCCCCCCC/C=C\C/C=C\CCCCCCC)COC(OCC[N+](C)(C)C)C(=O)O. The van der Waals surface area contributed by atoms with Crippen molar-refractivity contribution in [2.24, 2.45) is 0 Å². The first-order chi connectivity index (χ1) is 42.6. The molecule has 87 heavy (non-hydrogen) atoms. The van der Waals surface area contributed by atoms with E-state index in [2.05, 4.69) is 62.5 Å². The van der Waals surface area contributed by atoms with Gasteiger partial charge in [0.15, 0.2) is 6.10 Å². The highest BCUT2D eigenvalue weighted by Crippen LogP contribution is 2.19. The van der Waals surface area contributed by atoms with E-state index in [0.29, 0.717) is 17.4 Å². The van der Waals surface area contributed by atoms with Gasteiger partial charge in [0.25, 0.3) is 6.29 Å². The Balaban J connectivity index is 4.01. The van der Waals surface area contributed by atoms with Crippen molar-refractivity contribution in [3.63, 3.8) is 0 Å². The minimum absolute atomic E-state index is 0.177. The van der Waals surface area contributed by atoms with Gasteiger partial charge >= 0.3 is 17.9 Å². The number of carbonyl (C=O) groups excluding carboxylic acids is 2. The van der Waals surface area contributed by atoms with Gasteiger partial charge in [-0.05, 0) is 77.0 Å². The number of carbonyl (C=O) groups is 3. The van der Waals surface area contributed by atoms with Crippen molar-refractivity contribution in [1.82, 2.24) is 0 Å². The summed E-state index contributed by atoms with van der Waals surface area (Å²) in [4.78, 5) is 37.7. The number of unbranched alkanes of at least 4 members (excludes halogenated alkanes) is 48. The maximum absolute atomic E-state index is 13.0. The van der Waals surface area contributed by atoms with E-state index in [-0.39, 0.29) is 38.2 Å². The number of ether oxygens (including phenoxy) is 4. The Kier molecular flexibility index (Phi) is 67.0. The van der Waals surface area contributed by atoms with Gasteiger partial charge in [-0.1, -0.05) is 332 Å². The van der Waals surface area contributed by atoms with E-state index in [1.54, 1.807) is 0 Å². The van der Waals surface area contributed by atoms with Crippen molar-refractivity contribution in [3.8, 4) is 0 Å². The van der Waals surface area contributed by atoms with Gasteiger partial charge in [-0.25, -0.2) is 4.79 Å². The number of hydrogen-bond acceptors (Lipinski definition) is 7. The molecule has 0 aliphatic heterocycles. The highest BCUT2D eigenvalue weighted by Gasteiger charge is 2.25. The maximum Gasteiger partial charge on any atom is 0.361 e. The smallest absolute Gasteiger partial charge is 0.361 e. The first-order valence-corrected chi connectivity index (χ1v) is 37.8. The molecule has 0 saturated carbocycles. The minimum atomic E-state index is -1.51. The van der Waals surface area contributed by atoms with Gasteiger partial charge in [-0.3, -0.25) is 9.59 Å². The van der Waals surface area contributed by atoms with E-state index >= 15 is 0 Å². The van der Waals surface area contributed by atoms with Crippen molar-refractivity contribution in [2.75, 3.05) is 47.5 Å². The highest BCUT2D eigenvalue weighted by atomic mass is 16.7. The van der Waals surface area contributed by atoms with Crippen LogP contribution >= 0.6 is 0 Å². The molecule has 0 aliphatic rings.